The van der Waals surface area contributed by atoms with Crippen LogP contribution >= 0.6 is 0 Å². The predicted molar refractivity (Wildman–Crippen MR) is 104 cm³/mol. The molecule has 0 unspecified atom stereocenters. The number of benzene rings is 1. The first-order valence-corrected chi connectivity index (χ1v) is 9.26. The molecule has 0 atom stereocenters. The first kappa shape index (κ1) is 18.8. The number of aromatic nitrogens is 4. The van der Waals surface area contributed by atoms with E-state index in [4.69, 9.17) is 0 Å². The van der Waals surface area contributed by atoms with Crippen molar-refractivity contribution in [2.24, 2.45) is 0 Å². The van der Waals surface area contributed by atoms with Gasteiger partial charge in [0, 0.05) is 18.2 Å². The van der Waals surface area contributed by atoms with Gasteiger partial charge in [-0.05, 0) is 30.5 Å². The van der Waals surface area contributed by atoms with E-state index in [1.807, 2.05) is 35.9 Å². The van der Waals surface area contributed by atoms with Gasteiger partial charge in [-0.3, -0.25) is 0 Å². The molecule has 0 bridgehead atoms. The molecule has 0 amide bonds. The molecule has 0 saturated heterocycles. The van der Waals surface area contributed by atoms with E-state index < -0.39 is 5.97 Å². The molecule has 3 rings (SSSR count). The molecule has 0 aliphatic rings. The number of carboxylic acid groups (broad SMARTS) is 1. The number of nitrogens with zero attached hydrogens (tertiary/aromatic N) is 4. The number of hydrogen-bond donors (Lipinski definition) is 1. The minimum atomic E-state index is -1.02. The lowest BCUT2D eigenvalue weighted by Gasteiger charge is -2.08. The Bertz CT molecular complexity index is 916. The van der Waals surface area contributed by atoms with E-state index in [9.17, 15) is 9.90 Å². The van der Waals surface area contributed by atoms with Crippen molar-refractivity contribution in [1.82, 2.24) is 19.7 Å². The predicted octanol–water partition coefficient (Wildman–Crippen LogP) is 4.13. The average Bonchev–Trinajstić information content (AvgIpc) is 3.01. The number of pyridine rings is 1. The molecule has 27 heavy (non-hydrogen) atoms. The van der Waals surface area contributed by atoms with Gasteiger partial charge in [-0.25, -0.2) is 19.4 Å². The van der Waals surface area contributed by atoms with Gasteiger partial charge in [-0.2, -0.15) is 5.10 Å². The van der Waals surface area contributed by atoms with Gasteiger partial charge in [-0.1, -0.05) is 50.1 Å². The van der Waals surface area contributed by atoms with Crippen LogP contribution in [0.5, 0.6) is 0 Å². The van der Waals surface area contributed by atoms with Crippen molar-refractivity contribution in [2.45, 2.75) is 46.1 Å². The van der Waals surface area contributed by atoms with Gasteiger partial charge < -0.3 is 5.11 Å². The van der Waals surface area contributed by atoms with Crippen LogP contribution in [0.2, 0.25) is 0 Å². The molecule has 1 aromatic carbocycles. The molecular weight excluding hydrogens is 340 g/mol. The lowest BCUT2D eigenvalue weighted by Crippen LogP contribution is -2.07. The summed E-state index contributed by atoms with van der Waals surface area (Å²) in [6, 6.07) is 11.4. The van der Waals surface area contributed by atoms with Crippen molar-refractivity contribution in [3.63, 3.8) is 0 Å². The summed E-state index contributed by atoms with van der Waals surface area (Å²) in [7, 11) is 0. The molecule has 6 heteroatoms. The Hall–Kier alpha value is -3.02. The molecule has 0 aliphatic carbocycles. The largest absolute Gasteiger partial charge is 0.476 e. The van der Waals surface area contributed by atoms with E-state index in [2.05, 4.69) is 22.0 Å². The Morgan fingerprint density at radius 3 is 2.63 bits per heavy atom. The first-order valence-electron chi connectivity index (χ1n) is 9.26. The van der Waals surface area contributed by atoms with E-state index in [-0.39, 0.29) is 5.69 Å². The highest BCUT2D eigenvalue weighted by Gasteiger charge is 2.13. The standard InChI is InChI=1S/C21H24N4O2/c1-3-4-5-8-19-23-15(2)24-25(19)14-16-9-11-17(12-10-16)18-7-6-13-22-20(18)21(26)27/h6-7,9-13H,3-5,8,14H2,1-2H3,(H,26,27). The summed E-state index contributed by atoms with van der Waals surface area (Å²) >= 11 is 0. The Morgan fingerprint density at radius 1 is 1.15 bits per heavy atom. The molecule has 0 aliphatic heterocycles. The van der Waals surface area contributed by atoms with E-state index >= 15 is 0 Å². The highest BCUT2D eigenvalue weighted by Crippen LogP contribution is 2.23. The highest BCUT2D eigenvalue weighted by molar-refractivity contribution is 5.93. The molecule has 3 aromatic rings. The van der Waals surface area contributed by atoms with Crippen LogP contribution in [0.3, 0.4) is 0 Å². The van der Waals surface area contributed by atoms with E-state index in [1.165, 1.54) is 19.0 Å². The van der Waals surface area contributed by atoms with Crippen LogP contribution in [0, 0.1) is 6.92 Å². The Kier molecular flexibility index (Phi) is 5.96. The average molecular weight is 364 g/mol. The third-order valence-corrected chi connectivity index (χ3v) is 4.47. The second kappa shape index (κ2) is 8.58. The Balaban J connectivity index is 1.78. The monoisotopic (exact) mass is 364 g/mol. The molecule has 140 valence electrons. The van der Waals surface area contributed by atoms with Crippen LogP contribution in [-0.4, -0.2) is 30.8 Å². The molecular formula is C21H24N4O2. The van der Waals surface area contributed by atoms with Crippen LogP contribution in [0.1, 0.15) is 53.9 Å². The lowest BCUT2D eigenvalue weighted by atomic mass is 10.0. The van der Waals surface area contributed by atoms with Gasteiger partial charge in [0.25, 0.3) is 0 Å². The summed E-state index contributed by atoms with van der Waals surface area (Å²) in [6.07, 6.45) is 5.92. The summed E-state index contributed by atoms with van der Waals surface area (Å²) in [5.74, 6) is 0.787. The molecule has 0 radical (unpaired) electrons. The third-order valence-electron chi connectivity index (χ3n) is 4.47. The number of unbranched alkanes of at least 4 members (excludes halogenated alkanes) is 2. The van der Waals surface area contributed by atoms with Crippen LogP contribution in [0.4, 0.5) is 0 Å². The molecule has 6 nitrogen and oxygen atoms in total. The van der Waals surface area contributed by atoms with Crippen molar-refractivity contribution in [1.29, 1.82) is 0 Å². The second-order valence-electron chi connectivity index (χ2n) is 6.59. The zero-order chi connectivity index (χ0) is 19.2. The zero-order valence-electron chi connectivity index (χ0n) is 15.7. The Labute approximate surface area is 158 Å². The van der Waals surface area contributed by atoms with Crippen LogP contribution in [0.15, 0.2) is 42.6 Å². The smallest absolute Gasteiger partial charge is 0.355 e. The second-order valence-corrected chi connectivity index (χ2v) is 6.59. The number of aromatic carboxylic acids is 1. The lowest BCUT2D eigenvalue weighted by molar-refractivity contribution is 0.0691. The normalized spacial score (nSPS) is 10.9. The third kappa shape index (κ3) is 4.58. The maximum Gasteiger partial charge on any atom is 0.355 e. The quantitative estimate of drug-likeness (QED) is 0.608. The molecule has 1 N–H and O–H groups in total. The summed E-state index contributed by atoms with van der Waals surface area (Å²) in [4.78, 5) is 19.9. The summed E-state index contributed by atoms with van der Waals surface area (Å²) in [5, 5.41) is 13.8. The van der Waals surface area contributed by atoms with Crippen LogP contribution < -0.4 is 0 Å². The van der Waals surface area contributed by atoms with E-state index in [0.29, 0.717) is 12.1 Å². The minimum Gasteiger partial charge on any atom is -0.476 e. The number of aryl methyl sites for hydroxylation is 2. The van der Waals surface area contributed by atoms with Crippen LogP contribution in [0.25, 0.3) is 11.1 Å². The number of hydrogen-bond acceptors (Lipinski definition) is 4. The van der Waals surface area contributed by atoms with Crippen molar-refractivity contribution in [3.8, 4) is 11.1 Å². The molecule has 2 heterocycles. The number of carboxylic acids is 1. The summed E-state index contributed by atoms with van der Waals surface area (Å²) < 4.78 is 1.97. The molecule has 0 saturated carbocycles. The molecule has 0 fully saturated rings. The van der Waals surface area contributed by atoms with Crippen molar-refractivity contribution in [3.05, 3.63) is 65.5 Å². The van der Waals surface area contributed by atoms with Crippen molar-refractivity contribution in [2.75, 3.05) is 0 Å². The van der Waals surface area contributed by atoms with Gasteiger partial charge in [0.1, 0.15) is 11.6 Å². The van der Waals surface area contributed by atoms with Crippen LogP contribution in [-0.2, 0) is 13.0 Å². The first-order chi connectivity index (χ1) is 13.1. The fraction of sp³-hybridized carbons (Fsp3) is 0.333. The Morgan fingerprint density at radius 2 is 1.93 bits per heavy atom. The maximum absolute atomic E-state index is 11.4. The number of carbonyl (C=O) groups is 1. The van der Waals surface area contributed by atoms with Gasteiger partial charge in [0.15, 0.2) is 5.69 Å². The van der Waals surface area contributed by atoms with E-state index in [1.54, 1.807) is 12.1 Å². The number of rotatable bonds is 8. The zero-order valence-corrected chi connectivity index (χ0v) is 15.7. The summed E-state index contributed by atoms with van der Waals surface area (Å²) in [6.45, 7) is 4.76. The fourth-order valence-corrected chi connectivity index (χ4v) is 3.12. The summed E-state index contributed by atoms with van der Waals surface area (Å²) in [5.41, 5.74) is 2.62. The van der Waals surface area contributed by atoms with Gasteiger partial charge in [-0.15, -0.1) is 0 Å². The molecule has 0 spiro atoms. The minimum absolute atomic E-state index is 0.0651. The topological polar surface area (TPSA) is 80.9 Å². The van der Waals surface area contributed by atoms with Gasteiger partial charge >= 0.3 is 5.97 Å². The highest BCUT2D eigenvalue weighted by atomic mass is 16.4. The fourth-order valence-electron chi connectivity index (χ4n) is 3.12. The van der Waals surface area contributed by atoms with Crippen molar-refractivity contribution < 1.29 is 9.90 Å². The van der Waals surface area contributed by atoms with E-state index in [0.717, 1.165) is 35.6 Å². The maximum atomic E-state index is 11.4. The SMILES string of the molecule is CCCCCc1nc(C)nn1Cc1ccc(-c2cccnc2C(=O)O)cc1. The van der Waals surface area contributed by atoms with Gasteiger partial charge in [0.05, 0.1) is 6.54 Å². The van der Waals surface area contributed by atoms with Crippen molar-refractivity contribution >= 4 is 5.97 Å². The van der Waals surface area contributed by atoms with Gasteiger partial charge in [0.2, 0.25) is 0 Å². The molecule has 2 aromatic heterocycles.